The van der Waals surface area contributed by atoms with Crippen molar-refractivity contribution in [2.45, 2.75) is 53.0 Å². The second-order valence-electron chi connectivity index (χ2n) is 6.90. The van der Waals surface area contributed by atoms with E-state index in [9.17, 15) is 13.2 Å². The molecule has 1 N–H and O–H groups in total. The van der Waals surface area contributed by atoms with Crippen LogP contribution in [0.15, 0.2) is 18.2 Å². The number of aryl methyl sites for hydroxylation is 2. The number of benzene rings is 1. The van der Waals surface area contributed by atoms with E-state index in [-0.39, 0.29) is 23.6 Å². The summed E-state index contributed by atoms with van der Waals surface area (Å²) < 4.78 is 25.4. The number of carbonyl (C=O) groups is 1. The first-order valence-electron chi connectivity index (χ1n) is 9.13. The molecule has 0 aliphatic carbocycles. The van der Waals surface area contributed by atoms with Gasteiger partial charge in [0, 0.05) is 19.0 Å². The normalized spacial score (nSPS) is 18.1. The van der Waals surface area contributed by atoms with Crippen LogP contribution in [0.3, 0.4) is 0 Å². The van der Waals surface area contributed by atoms with Gasteiger partial charge >= 0.3 is 0 Å². The number of hydrogen-bond acceptors (Lipinski definition) is 3. The molecule has 0 aromatic heterocycles. The molecule has 0 radical (unpaired) electrons. The Morgan fingerprint density at radius 2 is 1.88 bits per heavy atom. The highest BCUT2D eigenvalue weighted by molar-refractivity contribution is 7.89. The third-order valence-corrected chi connectivity index (χ3v) is 6.99. The molecule has 1 aromatic carbocycles. The lowest BCUT2D eigenvalue weighted by molar-refractivity contribution is -0.126. The number of hydrogen-bond donors (Lipinski definition) is 1. The molecule has 1 atom stereocenters. The Balaban J connectivity index is 1.99. The maximum atomic E-state index is 12.7. The van der Waals surface area contributed by atoms with Gasteiger partial charge in [0.25, 0.3) is 0 Å². The summed E-state index contributed by atoms with van der Waals surface area (Å²) in [5.74, 6) is 0.0533. The van der Waals surface area contributed by atoms with Crippen molar-refractivity contribution < 1.29 is 13.2 Å². The average molecular weight is 367 g/mol. The minimum atomic E-state index is -3.15. The van der Waals surface area contributed by atoms with Gasteiger partial charge in [0.1, 0.15) is 0 Å². The molecule has 0 saturated carbocycles. The molecule has 1 aromatic rings. The molecular formula is C19H30N2O3S. The molecule has 0 unspecified atom stereocenters. The van der Waals surface area contributed by atoms with Gasteiger partial charge in [-0.25, -0.2) is 12.7 Å². The van der Waals surface area contributed by atoms with E-state index in [1.165, 1.54) is 15.4 Å². The number of nitrogens with zero attached hydrogens (tertiary/aromatic N) is 1. The third-order valence-electron chi connectivity index (χ3n) is 5.11. The molecule has 140 valence electrons. The topological polar surface area (TPSA) is 66.5 Å². The number of nitrogens with one attached hydrogen (secondary N) is 1. The summed E-state index contributed by atoms with van der Waals surface area (Å²) in [4.78, 5) is 12.7. The molecule has 1 amide bonds. The molecular weight excluding hydrogens is 336 g/mol. The van der Waals surface area contributed by atoms with Gasteiger partial charge < -0.3 is 5.32 Å². The Labute approximate surface area is 151 Å². The standard InChI is InChI=1S/C19H30N2O3S/c1-5-18(17-8-7-14(3)13-15(17)4)20-19(22)16-9-11-21(12-10-16)25(23,24)6-2/h7-8,13,16,18H,5-6,9-12H2,1-4H3,(H,20,22)/t18-/m1/s1. The van der Waals surface area contributed by atoms with Gasteiger partial charge in [-0.3, -0.25) is 4.79 Å². The molecule has 0 bridgehead atoms. The van der Waals surface area contributed by atoms with Crippen molar-refractivity contribution in [3.63, 3.8) is 0 Å². The second-order valence-corrected chi connectivity index (χ2v) is 9.16. The summed E-state index contributed by atoms with van der Waals surface area (Å²) in [7, 11) is -3.15. The highest BCUT2D eigenvalue weighted by Crippen LogP contribution is 2.25. The lowest BCUT2D eigenvalue weighted by Crippen LogP contribution is -2.44. The summed E-state index contributed by atoms with van der Waals surface area (Å²) in [5, 5.41) is 3.17. The van der Waals surface area contributed by atoms with Crippen molar-refractivity contribution >= 4 is 15.9 Å². The molecule has 25 heavy (non-hydrogen) atoms. The largest absolute Gasteiger partial charge is 0.349 e. The maximum Gasteiger partial charge on any atom is 0.223 e. The van der Waals surface area contributed by atoms with Crippen LogP contribution >= 0.6 is 0 Å². The van der Waals surface area contributed by atoms with Crippen molar-refractivity contribution in [2.24, 2.45) is 5.92 Å². The number of sulfonamides is 1. The van der Waals surface area contributed by atoms with Crippen LogP contribution in [0.2, 0.25) is 0 Å². The fraction of sp³-hybridized carbons (Fsp3) is 0.632. The Bertz CT molecular complexity index is 707. The van der Waals surface area contributed by atoms with Crippen LogP contribution in [0.1, 0.15) is 55.8 Å². The van der Waals surface area contributed by atoms with E-state index in [1.807, 2.05) is 0 Å². The zero-order chi connectivity index (χ0) is 18.6. The van der Waals surface area contributed by atoms with Crippen molar-refractivity contribution in [2.75, 3.05) is 18.8 Å². The summed E-state index contributed by atoms with van der Waals surface area (Å²) in [5.41, 5.74) is 3.57. The van der Waals surface area contributed by atoms with Crippen LogP contribution in [0.4, 0.5) is 0 Å². The van der Waals surface area contributed by atoms with E-state index in [0.717, 1.165) is 12.0 Å². The molecule has 1 aliphatic rings. The minimum absolute atomic E-state index is 0.00510. The quantitative estimate of drug-likeness (QED) is 0.842. The molecule has 1 saturated heterocycles. The van der Waals surface area contributed by atoms with E-state index < -0.39 is 10.0 Å². The monoisotopic (exact) mass is 366 g/mol. The summed E-state index contributed by atoms with van der Waals surface area (Å²) >= 11 is 0. The predicted molar refractivity (Wildman–Crippen MR) is 101 cm³/mol. The van der Waals surface area contributed by atoms with Crippen LogP contribution in [0, 0.1) is 19.8 Å². The summed E-state index contributed by atoms with van der Waals surface area (Å²) in [6.45, 7) is 8.74. The van der Waals surface area contributed by atoms with Crippen LogP contribution < -0.4 is 5.32 Å². The SMILES string of the molecule is CC[C@@H](NC(=O)C1CCN(S(=O)(=O)CC)CC1)c1ccc(C)cc1C. The van der Waals surface area contributed by atoms with Crippen molar-refractivity contribution in [3.05, 3.63) is 34.9 Å². The fourth-order valence-electron chi connectivity index (χ4n) is 3.48. The van der Waals surface area contributed by atoms with Gasteiger partial charge in [-0.05, 0) is 51.2 Å². The van der Waals surface area contributed by atoms with Crippen LogP contribution in [-0.2, 0) is 14.8 Å². The Hall–Kier alpha value is -1.40. The highest BCUT2D eigenvalue weighted by Gasteiger charge is 2.31. The zero-order valence-corrected chi connectivity index (χ0v) is 16.5. The van der Waals surface area contributed by atoms with Gasteiger partial charge in [0.05, 0.1) is 11.8 Å². The van der Waals surface area contributed by atoms with Crippen molar-refractivity contribution in [1.82, 2.24) is 9.62 Å². The van der Waals surface area contributed by atoms with Gasteiger partial charge in [0.15, 0.2) is 0 Å². The van der Waals surface area contributed by atoms with Crippen LogP contribution in [-0.4, -0.2) is 37.5 Å². The van der Waals surface area contributed by atoms with Gasteiger partial charge in [0.2, 0.25) is 15.9 Å². The predicted octanol–water partition coefficient (Wildman–Crippen LogP) is 2.93. The fourth-order valence-corrected chi connectivity index (χ4v) is 4.62. The van der Waals surface area contributed by atoms with E-state index in [4.69, 9.17) is 0 Å². The van der Waals surface area contributed by atoms with Gasteiger partial charge in [-0.15, -0.1) is 0 Å². The molecule has 1 heterocycles. The van der Waals surface area contributed by atoms with Crippen molar-refractivity contribution in [1.29, 1.82) is 0 Å². The summed E-state index contributed by atoms with van der Waals surface area (Å²) in [6, 6.07) is 6.31. The summed E-state index contributed by atoms with van der Waals surface area (Å²) in [6.07, 6.45) is 2.02. The first-order valence-corrected chi connectivity index (χ1v) is 10.7. The second kappa shape index (κ2) is 8.32. The Kier molecular flexibility index (Phi) is 6.63. The smallest absolute Gasteiger partial charge is 0.223 e. The van der Waals surface area contributed by atoms with E-state index in [1.54, 1.807) is 6.92 Å². The molecule has 5 nitrogen and oxygen atoms in total. The Morgan fingerprint density at radius 3 is 2.40 bits per heavy atom. The van der Waals surface area contributed by atoms with E-state index in [0.29, 0.717) is 25.9 Å². The first kappa shape index (κ1) is 19.9. The van der Waals surface area contributed by atoms with E-state index >= 15 is 0 Å². The molecule has 0 spiro atoms. The Morgan fingerprint density at radius 1 is 1.24 bits per heavy atom. The maximum absolute atomic E-state index is 12.7. The molecule has 6 heteroatoms. The number of rotatable bonds is 6. The van der Waals surface area contributed by atoms with E-state index in [2.05, 4.69) is 44.3 Å². The number of carbonyl (C=O) groups excluding carboxylic acids is 1. The molecule has 2 rings (SSSR count). The third kappa shape index (κ3) is 4.82. The first-order chi connectivity index (χ1) is 11.8. The van der Waals surface area contributed by atoms with Gasteiger partial charge in [-0.2, -0.15) is 0 Å². The van der Waals surface area contributed by atoms with Crippen molar-refractivity contribution in [3.8, 4) is 0 Å². The highest BCUT2D eigenvalue weighted by atomic mass is 32.2. The molecule has 1 fully saturated rings. The average Bonchev–Trinajstić information content (AvgIpc) is 2.60. The zero-order valence-electron chi connectivity index (χ0n) is 15.7. The lowest BCUT2D eigenvalue weighted by Gasteiger charge is -2.31. The lowest BCUT2D eigenvalue weighted by atomic mass is 9.94. The molecule has 1 aliphatic heterocycles. The van der Waals surface area contributed by atoms with Gasteiger partial charge in [-0.1, -0.05) is 30.7 Å². The minimum Gasteiger partial charge on any atom is -0.349 e. The number of piperidine rings is 1. The number of amides is 1. The van der Waals surface area contributed by atoms with Crippen LogP contribution in [0.25, 0.3) is 0 Å². The van der Waals surface area contributed by atoms with Crippen LogP contribution in [0.5, 0.6) is 0 Å².